The SMILES string of the molecule is [CH2][CH]N([CH][CH2])c1ccc(-c2nc3cc(C(N)CC(N)=O)ccc3n2CCc2ccc(OC)cc2)cc1. The molecule has 0 saturated heterocycles. The standard InChI is InChI=1S/C29H31N5O2/c1-4-33(5-2)23-11-8-21(9-12-23)29-32-26-18-22(25(30)19-28(31)35)10-15-27(26)34(29)17-16-20-6-13-24(36-3)14-7-20/h4-15,18,25H,1-2,16-17,19,30H2,3H3,(H2,31,35). The predicted molar refractivity (Wildman–Crippen MR) is 144 cm³/mol. The van der Waals surface area contributed by atoms with E-state index in [9.17, 15) is 4.79 Å². The maximum Gasteiger partial charge on any atom is 0.219 e. The van der Waals surface area contributed by atoms with Gasteiger partial charge in [0.1, 0.15) is 11.6 Å². The molecule has 0 saturated carbocycles. The summed E-state index contributed by atoms with van der Waals surface area (Å²) in [5, 5.41) is 0. The number of methoxy groups -OCH3 is 1. The van der Waals surface area contributed by atoms with Crippen molar-refractivity contribution in [3.05, 3.63) is 105 Å². The van der Waals surface area contributed by atoms with E-state index in [1.807, 2.05) is 59.5 Å². The number of imidazole rings is 1. The first kappa shape index (κ1) is 25.3. The van der Waals surface area contributed by atoms with Crippen molar-refractivity contribution in [3.63, 3.8) is 0 Å². The van der Waals surface area contributed by atoms with Crippen molar-refractivity contribution in [3.8, 4) is 17.1 Å². The Bertz CT molecular complexity index is 1310. The number of rotatable bonds is 11. The van der Waals surface area contributed by atoms with Crippen molar-refractivity contribution < 1.29 is 9.53 Å². The minimum Gasteiger partial charge on any atom is -0.497 e. The zero-order valence-electron chi connectivity index (χ0n) is 20.4. The van der Waals surface area contributed by atoms with Gasteiger partial charge in [0.25, 0.3) is 0 Å². The summed E-state index contributed by atoms with van der Waals surface area (Å²) >= 11 is 0. The number of aryl methyl sites for hydroxylation is 2. The average molecular weight is 482 g/mol. The van der Waals surface area contributed by atoms with Crippen LogP contribution in [0.25, 0.3) is 22.4 Å². The zero-order valence-corrected chi connectivity index (χ0v) is 20.4. The van der Waals surface area contributed by atoms with E-state index < -0.39 is 11.9 Å². The summed E-state index contributed by atoms with van der Waals surface area (Å²) in [5.41, 5.74) is 17.4. The molecule has 3 aromatic carbocycles. The summed E-state index contributed by atoms with van der Waals surface area (Å²) in [6, 6.07) is 21.6. The van der Waals surface area contributed by atoms with E-state index in [4.69, 9.17) is 21.2 Å². The molecule has 0 bridgehead atoms. The van der Waals surface area contributed by atoms with Gasteiger partial charge < -0.3 is 25.7 Å². The molecule has 4 N–H and O–H groups in total. The van der Waals surface area contributed by atoms with Gasteiger partial charge in [0.15, 0.2) is 0 Å². The number of anilines is 1. The van der Waals surface area contributed by atoms with E-state index >= 15 is 0 Å². The maximum atomic E-state index is 11.4. The highest BCUT2D eigenvalue weighted by Gasteiger charge is 2.16. The molecule has 1 unspecified atom stereocenters. The van der Waals surface area contributed by atoms with Gasteiger partial charge in [0.2, 0.25) is 5.91 Å². The number of hydrogen-bond donors (Lipinski definition) is 2. The predicted octanol–water partition coefficient (Wildman–Crippen LogP) is 4.63. The Hall–Kier alpha value is -3.84. The second kappa shape index (κ2) is 11.3. The van der Waals surface area contributed by atoms with Crippen molar-refractivity contribution in [1.29, 1.82) is 0 Å². The summed E-state index contributed by atoms with van der Waals surface area (Å²) < 4.78 is 7.50. The number of ether oxygens (including phenoxy) is 1. The molecule has 1 atom stereocenters. The molecule has 0 spiro atoms. The van der Waals surface area contributed by atoms with E-state index in [1.165, 1.54) is 5.56 Å². The number of carbonyl (C=O) groups is 1. The lowest BCUT2D eigenvalue weighted by Gasteiger charge is -2.20. The quantitative estimate of drug-likeness (QED) is 0.325. The number of nitrogens with zero attached hydrogens (tertiary/aromatic N) is 3. The Morgan fingerprint density at radius 2 is 1.78 bits per heavy atom. The van der Waals surface area contributed by atoms with Gasteiger partial charge in [-0.15, -0.1) is 0 Å². The van der Waals surface area contributed by atoms with E-state index in [1.54, 1.807) is 20.2 Å². The third kappa shape index (κ3) is 5.52. The molecule has 0 aliphatic carbocycles. The number of hydrogen-bond acceptors (Lipinski definition) is 5. The van der Waals surface area contributed by atoms with Crippen LogP contribution in [0.1, 0.15) is 23.6 Å². The summed E-state index contributed by atoms with van der Waals surface area (Å²) in [6.45, 7) is 11.8. The molecule has 4 radical (unpaired) electrons. The van der Waals surface area contributed by atoms with Gasteiger partial charge in [-0.1, -0.05) is 18.2 Å². The molecule has 1 amide bonds. The van der Waals surface area contributed by atoms with E-state index in [-0.39, 0.29) is 6.42 Å². The number of primary amides is 1. The first-order valence-electron chi connectivity index (χ1n) is 11.7. The fourth-order valence-electron chi connectivity index (χ4n) is 4.26. The van der Waals surface area contributed by atoms with Crippen LogP contribution in [0.15, 0.2) is 66.7 Å². The lowest BCUT2D eigenvalue weighted by molar-refractivity contribution is -0.118. The number of benzene rings is 3. The van der Waals surface area contributed by atoms with Gasteiger partial charge in [-0.2, -0.15) is 0 Å². The van der Waals surface area contributed by atoms with Crippen molar-refractivity contribution in [2.24, 2.45) is 11.5 Å². The summed E-state index contributed by atoms with van der Waals surface area (Å²) in [4.78, 5) is 18.2. The number of amides is 1. The third-order valence-electron chi connectivity index (χ3n) is 6.22. The average Bonchev–Trinajstić information content (AvgIpc) is 3.26. The molecule has 1 heterocycles. The van der Waals surface area contributed by atoms with Crippen LogP contribution in [0.3, 0.4) is 0 Å². The Morgan fingerprint density at radius 3 is 2.39 bits per heavy atom. The molecular formula is C29H31N5O2. The third-order valence-corrected chi connectivity index (χ3v) is 6.22. The van der Waals surface area contributed by atoms with E-state index in [0.717, 1.165) is 52.4 Å². The molecule has 0 fully saturated rings. The minimum atomic E-state index is -0.470. The molecule has 4 aromatic rings. The second-order valence-corrected chi connectivity index (χ2v) is 8.53. The number of aromatic nitrogens is 2. The van der Waals surface area contributed by atoms with Gasteiger partial charge in [-0.3, -0.25) is 4.79 Å². The first-order valence-corrected chi connectivity index (χ1v) is 11.7. The Labute approximate surface area is 212 Å². The Kier molecular flexibility index (Phi) is 7.90. The largest absolute Gasteiger partial charge is 0.497 e. The molecule has 0 aliphatic heterocycles. The Balaban J connectivity index is 1.72. The fourth-order valence-corrected chi connectivity index (χ4v) is 4.26. The highest BCUT2D eigenvalue weighted by atomic mass is 16.5. The molecule has 7 heteroatoms. The highest BCUT2D eigenvalue weighted by Crippen LogP contribution is 2.29. The zero-order chi connectivity index (χ0) is 25.7. The van der Waals surface area contributed by atoms with Gasteiger partial charge in [0, 0.05) is 43.3 Å². The van der Waals surface area contributed by atoms with Crippen LogP contribution >= 0.6 is 0 Å². The van der Waals surface area contributed by atoms with Gasteiger partial charge in [0.05, 0.1) is 18.1 Å². The lowest BCUT2D eigenvalue weighted by Crippen LogP contribution is -2.20. The molecule has 36 heavy (non-hydrogen) atoms. The monoisotopic (exact) mass is 481 g/mol. The van der Waals surface area contributed by atoms with Gasteiger partial charge in [-0.05, 0) is 79.9 Å². The first-order chi connectivity index (χ1) is 17.4. The molecule has 0 aliphatic rings. The summed E-state index contributed by atoms with van der Waals surface area (Å²) in [6.07, 6.45) is 0.908. The van der Waals surface area contributed by atoms with Crippen LogP contribution in [0.5, 0.6) is 5.75 Å². The number of carbonyl (C=O) groups excluding carboxylic acids is 1. The number of fused-ring (bicyclic) bond motifs is 1. The molecular weight excluding hydrogens is 450 g/mol. The van der Waals surface area contributed by atoms with Crippen LogP contribution in [0, 0.1) is 26.9 Å². The van der Waals surface area contributed by atoms with Crippen molar-refractivity contribution >= 4 is 22.6 Å². The van der Waals surface area contributed by atoms with Crippen LogP contribution < -0.4 is 21.1 Å². The van der Waals surface area contributed by atoms with Crippen LogP contribution in [0.2, 0.25) is 0 Å². The van der Waals surface area contributed by atoms with E-state index in [2.05, 4.69) is 30.5 Å². The lowest BCUT2D eigenvalue weighted by atomic mass is 10.0. The normalized spacial score (nSPS) is 12.0. The molecule has 184 valence electrons. The van der Waals surface area contributed by atoms with Crippen LogP contribution in [-0.2, 0) is 17.8 Å². The van der Waals surface area contributed by atoms with Crippen LogP contribution in [-0.4, -0.2) is 22.6 Å². The van der Waals surface area contributed by atoms with Crippen molar-refractivity contribution in [2.45, 2.75) is 25.4 Å². The molecule has 4 rings (SSSR count). The Morgan fingerprint density at radius 1 is 1.08 bits per heavy atom. The summed E-state index contributed by atoms with van der Waals surface area (Å²) in [5.74, 6) is 1.26. The number of nitrogens with two attached hydrogens (primary N) is 2. The minimum absolute atomic E-state index is 0.0844. The molecule has 1 aromatic heterocycles. The van der Waals surface area contributed by atoms with E-state index in [0.29, 0.717) is 0 Å². The topological polar surface area (TPSA) is 99.4 Å². The second-order valence-electron chi connectivity index (χ2n) is 8.53. The highest BCUT2D eigenvalue weighted by molar-refractivity contribution is 5.82. The smallest absolute Gasteiger partial charge is 0.219 e. The van der Waals surface area contributed by atoms with Gasteiger partial charge in [-0.25, -0.2) is 4.98 Å². The fraction of sp³-hybridized carbons (Fsp3) is 0.172. The van der Waals surface area contributed by atoms with Crippen LogP contribution in [0.4, 0.5) is 5.69 Å². The molecule has 7 nitrogen and oxygen atoms in total. The van der Waals surface area contributed by atoms with Crippen molar-refractivity contribution in [2.75, 3.05) is 12.0 Å². The summed E-state index contributed by atoms with van der Waals surface area (Å²) in [7, 11) is 1.66. The van der Waals surface area contributed by atoms with Gasteiger partial charge >= 0.3 is 0 Å². The maximum absolute atomic E-state index is 11.4. The van der Waals surface area contributed by atoms with Crippen molar-refractivity contribution in [1.82, 2.24) is 9.55 Å².